The lowest BCUT2D eigenvalue weighted by Crippen LogP contribution is -2.49. The lowest BCUT2D eigenvalue weighted by atomic mass is 10.0. The van der Waals surface area contributed by atoms with Crippen LogP contribution in [0.1, 0.15) is 22.3 Å². The summed E-state index contributed by atoms with van der Waals surface area (Å²) in [5, 5.41) is 0.185. The zero-order valence-electron chi connectivity index (χ0n) is 17.8. The molecule has 0 aliphatic carbocycles. The maximum Gasteiger partial charge on any atom is 0.269 e. The van der Waals surface area contributed by atoms with E-state index in [1.54, 1.807) is 17.9 Å². The Balaban J connectivity index is 1.54. The molecule has 1 aromatic carbocycles. The molecule has 2 heterocycles. The van der Waals surface area contributed by atoms with Crippen molar-refractivity contribution in [1.29, 1.82) is 0 Å². The Hall–Kier alpha value is -2.27. The topological polar surface area (TPSA) is 100 Å². The van der Waals surface area contributed by atoms with E-state index < -0.39 is 15.9 Å². The molecule has 0 atom stereocenters. The molecular formula is C21H25ClFN3O5S. The molecule has 1 N–H and O–H groups in total. The van der Waals surface area contributed by atoms with Crippen LogP contribution >= 0.6 is 11.6 Å². The maximum atomic E-state index is 13.7. The number of piperazine rings is 1. The van der Waals surface area contributed by atoms with Gasteiger partial charge in [0.15, 0.2) is 6.61 Å². The molecule has 1 aliphatic heterocycles. The Morgan fingerprint density at radius 2 is 1.84 bits per heavy atom. The van der Waals surface area contributed by atoms with Crippen molar-refractivity contribution in [2.24, 2.45) is 0 Å². The van der Waals surface area contributed by atoms with Crippen molar-refractivity contribution in [3.63, 3.8) is 0 Å². The molecule has 3 rings (SSSR count). The standard InChI is InChI=1S/C21H25ClFN3O5S/c1-14-8-19(23)15(2)7-16(14)11-25-3-5-26(6-4-25)20(27)12-31-21-17(13-32(28,29)30)9-18(22)10-24-21/h7-10H,3-6,11-13H2,1-2H3,(H,28,29,30). The van der Waals surface area contributed by atoms with Gasteiger partial charge in [-0.1, -0.05) is 17.7 Å². The van der Waals surface area contributed by atoms with E-state index in [2.05, 4.69) is 9.88 Å². The second-order valence-electron chi connectivity index (χ2n) is 7.82. The van der Waals surface area contributed by atoms with Crippen LogP contribution in [0.15, 0.2) is 24.4 Å². The average molecular weight is 486 g/mol. The van der Waals surface area contributed by atoms with Gasteiger partial charge in [0.05, 0.1) is 5.02 Å². The van der Waals surface area contributed by atoms with Gasteiger partial charge in [0.25, 0.3) is 16.0 Å². The van der Waals surface area contributed by atoms with Gasteiger partial charge in [-0.25, -0.2) is 9.37 Å². The molecule has 0 unspecified atom stereocenters. The Bertz CT molecular complexity index is 1100. The highest BCUT2D eigenvalue weighted by atomic mass is 35.5. The van der Waals surface area contributed by atoms with Crippen LogP contribution in [0.4, 0.5) is 4.39 Å². The summed E-state index contributed by atoms with van der Waals surface area (Å²) < 4.78 is 50.6. The van der Waals surface area contributed by atoms with Gasteiger partial charge in [0, 0.05) is 44.5 Å². The number of benzene rings is 1. The predicted molar refractivity (Wildman–Crippen MR) is 118 cm³/mol. The molecule has 8 nitrogen and oxygen atoms in total. The molecule has 0 saturated carbocycles. The van der Waals surface area contributed by atoms with E-state index in [1.807, 2.05) is 13.0 Å². The molecule has 1 saturated heterocycles. The molecule has 1 amide bonds. The lowest BCUT2D eigenvalue weighted by Gasteiger charge is -2.35. The van der Waals surface area contributed by atoms with Gasteiger partial charge < -0.3 is 9.64 Å². The molecule has 0 spiro atoms. The monoisotopic (exact) mass is 485 g/mol. The number of amides is 1. The first-order valence-corrected chi connectivity index (χ1v) is 12.0. The van der Waals surface area contributed by atoms with E-state index in [1.165, 1.54) is 12.3 Å². The van der Waals surface area contributed by atoms with Crippen molar-refractivity contribution in [3.8, 4) is 5.88 Å². The van der Waals surface area contributed by atoms with Crippen molar-refractivity contribution in [1.82, 2.24) is 14.8 Å². The van der Waals surface area contributed by atoms with Crippen LogP contribution < -0.4 is 4.74 Å². The summed E-state index contributed by atoms with van der Waals surface area (Å²) in [6, 6.07) is 4.72. The van der Waals surface area contributed by atoms with E-state index in [4.69, 9.17) is 20.9 Å². The molecule has 0 radical (unpaired) electrons. The number of carbonyl (C=O) groups is 1. The van der Waals surface area contributed by atoms with Crippen LogP contribution in [-0.4, -0.2) is 66.4 Å². The summed E-state index contributed by atoms with van der Waals surface area (Å²) >= 11 is 5.83. The van der Waals surface area contributed by atoms with Crippen molar-refractivity contribution < 1.29 is 26.9 Å². The highest BCUT2D eigenvalue weighted by molar-refractivity contribution is 7.85. The van der Waals surface area contributed by atoms with Gasteiger partial charge in [-0.05, 0) is 42.7 Å². The van der Waals surface area contributed by atoms with E-state index in [0.29, 0.717) is 38.3 Å². The van der Waals surface area contributed by atoms with Crippen LogP contribution in [0.5, 0.6) is 5.88 Å². The van der Waals surface area contributed by atoms with Gasteiger partial charge in [-0.2, -0.15) is 8.42 Å². The van der Waals surface area contributed by atoms with Gasteiger partial charge in [-0.3, -0.25) is 14.2 Å². The first-order chi connectivity index (χ1) is 15.0. The van der Waals surface area contributed by atoms with Crippen LogP contribution in [0.25, 0.3) is 0 Å². The quantitative estimate of drug-likeness (QED) is 0.601. The number of nitrogens with zero attached hydrogens (tertiary/aromatic N) is 3. The number of hydrogen-bond donors (Lipinski definition) is 1. The summed E-state index contributed by atoms with van der Waals surface area (Å²) in [5.41, 5.74) is 2.65. The minimum atomic E-state index is -4.32. The molecule has 32 heavy (non-hydrogen) atoms. The summed E-state index contributed by atoms with van der Waals surface area (Å²) in [6.45, 7) is 6.33. The normalized spacial score (nSPS) is 15.1. The molecule has 1 fully saturated rings. The fourth-order valence-electron chi connectivity index (χ4n) is 3.53. The third-order valence-corrected chi connectivity index (χ3v) is 6.18. The minimum absolute atomic E-state index is 0.0684. The number of aromatic nitrogens is 1. The number of rotatable bonds is 7. The number of halogens is 2. The lowest BCUT2D eigenvalue weighted by molar-refractivity contribution is -0.135. The van der Waals surface area contributed by atoms with E-state index in [0.717, 1.165) is 11.1 Å². The van der Waals surface area contributed by atoms with Crippen molar-refractivity contribution >= 4 is 27.6 Å². The molecule has 1 aliphatic rings. The Morgan fingerprint density at radius 3 is 2.50 bits per heavy atom. The molecule has 174 valence electrons. The summed E-state index contributed by atoms with van der Waals surface area (Å²) in [6.07, 6.45) is 1.27. The van der Waals surface area contributed by atoms with Crippen LogP contribution in [0.2, 0.25) is 5.02 Å². The zero-order valence-corrected chi connectivity index (χ0v) is 19.4. The first kappa shape index (κ1) is 24.4. The molecule has 1 aromatic heterocycles. The maximum absolute atomic E-state index is 13.7. The average Bonchev–Trinajstić information content (AvgIpc) is 2.70. The largest absolute Gasteiger partial charge is 0.467 e. The highest BCUT2D eigenvalue weighted by Crippen LogP contribution is 2.22. The SMILES string of the molecule is Cc1cc(CN2CCN(C(=O)COc3ncc(Cl)cc3CS(=O)(=O)O)CC2)c(C)cc1F. The number of pyridine rings is 1. The van der Waals surface area contributed by atoms with Gasteiger partial charge in [-0.15, -0.1) is 0 Å². The van der Waals surface area contributed by atoms with Crippen molar-refractivity contribution in [3.05, 3.63) is 57.5 Å². The Labute approximate surface area is 191 Å². The molecule has 11 heteroatoms. The third-order valence-electron chi connectivity index (χ3n) is 5.30. The smallest absolute Gasteiger partial charge is 0.269 e. The molecule has 2 aromatic rings. The Morgan fingerprint density at radius 1 is 1.16 bits per heavy atom. The van der Waals surface area contributed by atoms with Crippen LogP contribution in [0, 0.1) is 19.7 Å². The zero-order chi connectivity index (χ0) is 23.5. The third kappa shape index (κ3) is 6.61. The highest BCUT2D eigenvalue weighted by Gasteiger charge is 2.23. The van der Waals surface area contributed by atoms with Gasteiger partial charge in [0.2, 0.25) is 5.88 Å². The second kappa shape index (κ2) is 10.1. The van der Waals surface area contributed by atoms with E-state index >= 15 is 0 Å². The minimum Gasteiger partial charge on any atom is -0.467 e. The summed E-state index contributed by atoms with van der Waals surface area (Å²) in [5.74, 6) is -1.25. The number of ether oxygens (including phenoxy) is 1. The van der Waals surface area contributed by atoms with Crippen molar-refractivity contribution in [2.45, 2.75) is 26.1 Å². The fraction of sp³-hybridized carbons (Fsp3) is 0.429. The first-order valence-electron chi connectivity index (χ1n) is 10.00. The van der Waals surface area contributed by atoms with E-state index in [-0.39, 0.29) is 34.8 Å². The van der Waals surface area contributed by atoms with Gasteiger partial charge >= 0.3 is 0 Å². The van der Waals surface area contributed by atoms with Crippen LogP contribution in [0.3, 0.4) is 0 Å². The summed E-state index contributed by atoms with van der Waals surface area (Å²) in [4.78, 5) is 20.3. The molecular weight excluding hydrogens is 461 g/mol. The van der Waals surface area contributed by atoms with Gasteiger partial charge in [0.1, 0.15) is 11.6 Å². The predicted octanol–water partition coefficient (Wildman–Crippen LogP) is 2.60. The number of carbonyl (C=O) groups excluding carboxylic acids is 1. The number of aryl methyl sites for hydroxylation is 2. The Kier molecular flexibility index (Phi) is 7.71. The van der Waals surface area contributed by atoms with Crippen LogP contribution in [-0.2, 0) is 27.2 Å². The molecule has 0 bridgehead atoms. The fourth-order valence-corrected chi connectivity index (χ4v) is 4.31. The second-order valence-corrected chi connectivity index (χ2v) is 9.71. The van der Waals surface area contributed by atoms with E-state index in [9.17, 15) is 17.6 Å². The summed E-state index contributed by atoms with van der Waals surface area (Å²) in [7, 11) is -4.32. The van der Waals surface area contributed by atoms with Crippen molar-refractivity contribution in [2.75, 3.05) is 32.8 Å². The number of hydrogen-bond acceptors (Lipinski definition) is 6.